The lowest BCUT2D eigenvalue weighted by Gasteiger charge is -2.25. The van der Waals surface area contributed by atoms with Crippen molar-refractivity contribution in [1.29, 1.82) is 0 Å². The maximum atomic E-state index is 14.9. The molecule has 0 bridgehead atoms. The fraction of sp³-hybridized carbons (Fsp3) is 0.241. The number of halogens is 2. The Hall–Kier alpha value is -4.00. The van der Waals surface area contributed by atoms with E-state index in [1.807, 2.05) is 0 Å². The van der Waals surface area contributed by atoms with Crippen molar-refractivity contribution < 1.29 is 28.2 Å². The maximum Gasteiger partial charge on any atom is 0.295 e. The molecule has 1 N–H and O–H groups in total. The number of ketones is 1. The van der Waals surface area contributed by atoms with Crippen molar-refractivity contribution in [1.82, 2.24) is 4.90 Å². The van der Waals surface area contributed by atoms with E-state index in [9.17, 15) is 23.5 Å². The van der Waals surface area contributed by atoms with Gasteiger partial charge in [-0.3, -0.25) is 9.59 Å². The van der Waals surface area contributed by atoms with Crippen molar-refractivity contribution in [3.05, 3.63) is 107 Å². The average molecular weight is 492 g/mol. The van der Waals surface area contributed by atoms with E-state index in [4.69, 9.17) is 4.74 Å². The van der Waals surface area contributed by atoms with Crippen LogP contribution >= 0.6 is 0 Å². The molecule has 1 fully saturated rings. The summed E-state index contributed by atoms with van der Waals surface area (Å²) in [6, 6.07) is 16.7. The molecule has 1 saturated heterocycles. The van der Waals surface area contributed by atoms with Crippen LogP contribution in [0.5, 0.6) is 5.75 Å². The van der Waals surface area contributed by atoms with Crippen LogP contribution in [0.1, 0.15) is 48.9 Å². The third kappa shape index (κ3) is 5.30. The second-order valence-electron chi connectivity index (χ2n) is 8.65. The zero-order chi connectivity index (χ0) is 25.7. The highest BCUT2D eigenvalue weighted by molar-refractivity contribution is 6.46. The molecule has 7 heteroatoms. The lowest BCUT2D eigenvalue weighted by molar-refractivity contribution is -0.140. The molecule has 1 aliphatic heterocycles. The predicted octanol–water partition coefficient (Wildman–Crippen LogP) is 6.16. The van der Waals surface area contributed by atoms with Gasteiger partial charge >= 0.3 is 0 Å². The molecule has 1 unspecified atom stereocenters. The van der Waals surface area contributed by atoms with Gasteiger partial charge in [0.2, 0.25) is 0 Å². The highest BCUT2D eigenvalue weighted by atomic mass is 19.1. The molecule has 3 aromatic carbocycles. The molecular weight excluding hydrogens is 464 g/mol. The largest absolute Gasteiger partial charge is 0.507 e. The van der Waals surface area contributed by atoms with Crippen molar-refractivity contribution in [2.75, 3.05) is 6.61 Å². The van der Waals surface area contributed by atoms with Crippen LogP contribution in [0.25, 0.3) is 5.76 Å². The molecule has 1 aliphatic rings. The van der Waals surface area contributed by atoms with Crippen LogP contribution in [0, 0.1) is 11.6 Å². The number of rotatable bonds is 9. The predicted molar refractivity (Wildman–Crippen MR) is 132 cm³/mol. The number of aliphatic hydroxyl groups is 1. The SMILES string of the molecule is CCCCCOc1ccc(/C(O)=C2/C(=O)C(=O)N(Cc3ccc(F)cc3)C2c2ccccc2F)cc1. The molecule has 1 atom stereocenters. The summed E-state index contributed by atoms with van der Waals surface area (Å²) in [6.45, 7) is 2.61. The maximum absolute atomic E-state index is 14.9. The number of unbranched alkanes of at least 4 members (excludes halogenated alkanes) is 2. The Kier molecular flexibility index (Phi) is 7.78. The van der Waals surface area contributed by atoms with Gasteiger partial charge in [-0.2, -0.15) is 0 Å². The van der Waals surface area contributed by atoms with Gasteiger partial charge in [-0.05, 0) is 54.4 Å². The zero-order valence-electron chi connectivity index (χ0n) is 19.9. The van der Waals surface area contributed by atoms with Crippen LogP contribution in [0.3, 0.4) is 0 Å². The van der Waals surface area contributed by atoms with Gasteiger partial charge in [0, 0.05) is 17.7 Å². The molecule has 0 radical (unpaired) electrons. The van der Waals surface area contributed by atoms with Gasteiger partial charge in [-0.15, -0.1) is 0 Å². The fourth-order valence-electron chi connectivity index (χ4n) is 4.26. The normalized spacial score (nSPS) is 17.0. The summed E-state index contributed by atoms with van der Waals surface area (Å²) >= 11 is 0. The second-order valence-corrected chi connectivity index (χ2v) is 8.65. The number of ether oxygens (including phenoxy) is 1. The lowest BCUT2D eigenvalue weighted by atomic mass is 9.94. The molecular formula is C29H27F2NO4. The zero-order valence-corrected chi connectivity index (χ0v) is 19.9. The van der Waals surface area contributed by atoms with Gasteiger partial charge in [-0.25, -0.2) is 8.78 Å². The van der Waals surface area contributed by atoms with Gasteiger partial charge in [0.15, 0.2) is 0 Å². The van der Waals surface area contributed by atoms with Gasteiger partial charge in [0.1, 0.15) is 23.1 Å². The summed E-state index contributed by atoms with van der Waals surface area (Å²) in [5.41, 5.74) is 0.737. The number of carbonyl (C=O) groups excluding carboxylic acids is 2. The molecule has 0 aromatic heterocycles. The Morgan fingerprint density at radius 1 is 0.944 bits per heavy atom. The van der Waals surface area contributed by atoms with E-state index >= 15 is 0 Å². The first kappa shape index (κ1) is 25.1. The third-order valence-corrected chi connectivity index (χ3v) is 6.15. The number of aliphatic hydroxyl groups excluding tert-OH is 1. The number of carbonyl (C=O) groups is 2. The minimum absolute atomic E-state index is 0.0643. The van der Waals surface area contributed by atoms with Gasteiger partial charge < -0.3 is 14.7 Å². The number of hydrogen-bond donors (Lipinski definition) is 1. The standard InChI is InChI=1S/C29H27F2NO4/c1-2-3-6-17-36-22-15-11-20(12-16-22)27(33)25-26(23-7-4-5-8-24(23)31)32(29(35)28(25)34)18-19-9-13-21(30)14-10-19/h4-5,7-16,26,33H,2-3,6,17-18H2,1H3/b27-25-. The van der Waals surface area contributed by atoms with E-state index in [-0.39, 0.29) is 17.7 Å². The number of nitrogens with zero attached hydrogens (tertiary/aromatic N) is 1. The topological polar surface area (TPSA) is 66.8 Å². The van der Waals surface area contributed by atoms with E-state index in [2.05, 4.69) is 6.92 Å². The van der Waals surface area contributed by atoms with Crippen LogP contribution in [0.15, 0.2) is 78.4 Å². The van der Waals surface area contributed by atoms with Gasteiger partial charge in [-0.1, -0.05) is 50.1 Å². The molecule has 186 valence electrons. The number of Topliss-reactive ketones (excluding diaryl/α,β-unsaturated/α-hetero) is 1. The second kappa shape index (κ2) is 11.2. The van der Waals surface area contributed by atoms with E-state index in [0.29, 0.717) is 23.5 Å². The quantitative estimate of drug-likeness (QED) is 0.169. The van der Waals surface area contributed by atoms with Crippen molar-refractivity contribution in [2.45, 2.75) is 38.8 Å². The Balaban J connectivity index is 1.71. The van der Waals surface area contributed by atoms with Crippen molar-refractivity contribution >= 4 is 17.4 Å². The number of hydrogen-bond acceptors (Lipinski definition) is 4. The summed E-state index contributed by atoms with van der Waals surface area (Å²) in [5, 5.41) is 11.2. The highest BCUT2D eigenvalue weighted by Crippen LogP contribution is 2.41. The lowest BCUT2D eigenvalue weighted by Crippen LogP contribution is -2.29. The summed E-state index contributed by atoms with van der Waals surface area (Å²) in [5.74, 6) is -2.63. The smallest absolute Gasteiger partial charge is 0.295 e. The summed E-state index contributed by atoms with van der Waals surface area (Å²) in [6.07, 6.45) is 3.07. The first-order valence-corrected chi connectivity index (χ1v) is 11.9. The minimum atomic E-state index is -1.15. The van der Waals surface area contributed by atoms with E-state index < -0.39 is 35.1 Å². The third-order valence-electron chi connectivity index (χ3n) is 6.15. The average Bonchev–Trinajstić information content (AvgIpc) is 3.13. The van der Waals surface area contributed by atoms with E-state index in [0.717, 1.165) is 19.3 Å². The van der Waals surface area contributed by atoms with Crippen LogP contribution in [-0.2, 0) is 16.1 Å². The Morgan fingerprint density at radius 3 is 2.31 bits per heavy atom. The minimum Gasteiger partial charge on any atom is -0.507 e. The number of likely N-dealkylation sites (tertiary alicyclic amines) is 1. The van der Waals surface area contributed by atoms with Crippen molar-refractivity contribution in [2.24, 2.45) is 0 Å². The molecule has 5 nitrogen and oxygen atoms in total. The monoisotopic (exact) mass is 491 g/mol. The van der Waals surface area contributed by atoms with Crippen LogP contribution in [0.2, 0.25) is 0 Å². The summed E-state index contributed by atoms with van der Waals surface area (Å²) < 4.78 is 34.0. The molecule has 4 rings (SSSR count). The fourth-order valence-corrected chi connectivity index (χ4v) is 4.26. The summed E-state index contributed by atoms with van der Waals surface area (Å²) in [4.78, 5) is 27.4. The van der Waals surface area contributed by atoms with E-state index in [1.54, 1.807) is 30.3 Å². The van der Waals surface area contributed by atoms with Crippen LogP contribution in [0.4, 0.5) is 8.78 Å². The van der Waals surface area contributed by atoms with Gasteiger partial charge in [0.25, 0.3) is 11.7 Å². The van der Waals surface area contributed by atoms with Crippen LogP contribution in [-0.4, -0.2) is 28.3 Å². The molecule has 0 saturated carbocycles. The van der Waals surface area contributed by atoms with Crippen LogP contribution < -0.4 is 4.74 Å². The Morgan fingerprint density at radius 2 is 1.64 bits per heavy atom. The molecule has 3 aromatic rings. The summed E-state index contributed by atoms with van der Waals surface area (Å²) in [7, 11) is 0. The first-order valence-electron chi connectivity index (χ1n) is 11.9. The van der Waals surface area contributed by atoms with E-state index in [1.165, 1.54) is 47.4 Å². The van der Waals surface area contributed by atoms with Crippen molar-refractivity contribution in [3.63, 3.8) is 0 Å². The molecule has 0 spiro atoms. The molecule has 1 amide bonds. The Labute approximate surface area is 208 Å². The molecule has 0 aliphatic carbocycles. The number of amides is 1. The number of benzene rings is 3. The van der Waals surface area contributed by atoms with Crippen molar-refractivity contribution in [3.8, 4) is 5.75 Å². The van der Waals surface area contributed by atoms with Gasteiger partial charge in [0.05, 0.1) is 18.2 Å². The molecule has 1 heterocycles. The molecule has 36 heavy (non-hydrogen) atoms. The highest BCUT2D eigenvalue weighted by Gasteiger charge is 2.46. The first-order chi connectivity index (χ1) is 17.4. The Bertz CT molecular complexity index is 1270.